The number of aryl methyl sites for hydroxylation is 1. The van der Waals surface area contributed by atoms with Gasteiger partial charge in [-0.3, -0.25) is 9.78 Å². The molecule has 3 rings (SSSR count). The van der Waals surface area contributed by atoms with Crippen LogP contribution in [-0.4, -0.2) is 26.9 Å². The highest BCUT2D eigenvalue weighted by atomic mass is 16.1. The van der Waals surface area contributed by atoms with Crippen molar-refractivity contribution in [2.75, 3.05) is 5.73 Å². The predicted molar refractivity (Wildman–Crippen MR) is 109 cm³/mol. The van der Waals surface area contributed by atoms with Gasteiger partial charge in [-0.05, 0) is 45.0 Å². The van der Waals surface area contributed by atoms with Crippen LogP contribution in [-0.2, 0) is 0 Å². The molecular formula is C22H21N5O. The summed E-state index contributed by atoms with van der Waals surface area (Å²) in [6.45, 7) is 5.68. The van der Waals surface area contributed by atoms with E-state index in [2.05, 4.69) is 32.1 Å². The van der Waals surface area contributed by atoms with E-state index in [1.165, 1.54) is 0 Å². The highest BCUT2D eigenvalue weighted by Crippen LogP contribution is 2.25. The lowest BCUT2D eigenvalue weighted by Crippen LogP contribution is -2.30. The predicted octanol–water partition coefficient (Wildman–Crippen LogP) is 2.97. The molecule has 1 aromatic carbocycles. The maximum atomic E-state index is 12.4. The van der Waals surface area contributed by atoms with Crippen molar-refractivity contribution in [3.63, 3.8) is 0 Å². The highest BCUT2D eigenvalue weighted by molar-refractivity contribution is 5.95. The van der Waals surface area contributed by atoms with Crippen molar-refractivity contribution in [2.45, 2.75) is 26.8 Å². The van der Waals surface area contributed by atoms with Gasteiger partial charge in [0.25, 0.3) is 5.91 Å². The number of nitrogens with two attached hydrogens (primary N) is 1. The third-order valence-corrected chi connectivity index (χ3v) is 3.92. The number of carbonyl (C=O) groups excluding carboxylic acids is 1. The zero-order valence-corrected chi connectivity index (χ0v) is 16.0. The number of carbonyl (C=O) groups is 1. The molecule has 0 atom stereocenters. The van der Waals surface area contributed by atoms with Crippen LogP contribution in [0.15, 0.2) is 48.8 Å². The zero-order chi connectivity index (χ0) is 20.1. The Labute approximate surface area is 164 Å². The molecule has 0 unspecified atom stereocenters. The number of amides is 1. The van der Waals surface area contributed by atoms with Gasteiger partial charge in [-0.15, -0.1) is 0 Å². The molecule has 1 amide bonds. The van der Waals surface area contributed by atoms with Crippen molar-refractivity contribution < 1.29 is 4.79 Å². The van der Waals surface area contributed by atoms with Gasteiger partial charge in [0.1, 0.15) is 0 Å². The van der Waals surface area contributed by atoms with Gasteiger partial charge in [-0.1, -0.05) is 24.0 Å². The third-order valence-electron chi connectivity index (χ3n) is 3.92. The Balaban J connectivity index is 2.07. The number of hydrogen-bond acceptors (Lipinski definition) is 5. The summed E-state index contributed by atoms with van der Waals surface area (Å²) in [7, 11) is 0. The largest absolute Gasteiger partial charge is 0.368 e. The lowest BCUT2D eigenvalue weighted by atomic mass is 10.0. The van der Waals surface area contributed by atoms with Crippen molar-refractivity contribution in [1.82, 2.24) is 20.3 Å². The van der Waals surface area contributed by atoms with Crippen molar-refractivity contribution in [2.24, 2.45) is 0 Å². The lowest BCUT2D eigenvalue weighted by Gasteiger charge is -2.11. The van der Waals surface area contributed by atoms with Gasteiger partial charge in [-0.2, -0.15) is 0 Å². The number of pyridine rings is 1. The third kappa shape index (κ3) is 4.51. The number of nitrogen functional groups attached to an aromatic ring is 1. The summed E-state index contributed by atoms with van der Waals surface area (Å²) >= 11 is 0. The van der Waals surface area contributed by atoms with Crippen LogP contribution in [0.4, 0.5) is 5.95 Å². The van der Waals surface area contributed by atoms with E-state index in [-0.39, 0.29) is 17.9 Å². The molecule has 140 valence electrons. The molecule has 0 bridgehead atoms. The van der Waals surface area contributed by atoms with Crippen molar-refractivity contribution in [3.8, 4) is 23.1 Å². The Bertz CT molecular complexity index is 1070. The summed E-state index contributed by atoms with van der Waals surface area (Å²) in [5.41, 5.74) is 9.91. The lowest BCUT2D eigenvalue weighted by molar-refractivity contribution is 0.0943. The second-order valence-corrected chi connectivity index (χ2v) is 6.59. The summed E-state index contributed by atoms with van der Waals surface area (Å²) in [5, 5.41) is 2.89. The van der Waals surface area contributed by atoms with Crippen molar-refractivity contribution in [1.29, 1.82) is 0 Å². The minimum absolute atomic E-state index is 0.0500. The molecule has 28 heavy (non-hydrogen) atoms. The summed E-state index contributed by atoms with van der Waals surface area (Å²) in [6.07, 6.45) is 3.39. The first-order chi connectivity index (χ1) is 13.4. The molecule has 3 N–H and O–H groups in total. The van der Waals surface area contributed by atoms with Crippen LogP contribution >= 0.6 is 0 Å². The second kappa shape index (κ2) is 8.31. The minimum Gasteiger partial charge on any atom is -0.368 e. The number of nitrogens with one attached hydrogen (secondary N) is 1. The number of hydrogen-bond donors (Lipinski definition) is 2. The van der Waals surface area contributed by atoms with Gasteiger partial charge >= 0.3 is 0 Å². The van der Waals surface area contributed by atoms with Gasteiger partial charge in [0.15, 0.2) is 0 Å². The molecule has 0 saturated heterocycles. The van der Waals surface area contributed by atoms with Gasteiger partial charge < -0.3 is 11.1 Å². The fourth-order valence-corrected chi connectivity index (χ4v) is 2.68. The Kier molecular flexibility index (Phi) is 5.66. The first-order valence-corrected chi connectivity index (χ1v) is 8.91. The van der Waals surface area contributed by atoms with Crippen LogP contribution in [0.25, 0.3) is 11.3 Å². The molecule has 0 aliphatic carbocycles. The monoisotopic (exact) mass is 371 g/mol. The number of benzene rings is 1. The van der Waals surface area contributed by atoms with Gasteiger partial charge in [0, 0.05) is 35.1 Å². The number of anilines is 1. The van der Waals surface area contributed by atoms with Gasteiger partial charge in [0.05, 0.1) is 17.0 Å². The quantitative estimate of drug-likeness (QED) is 0.691. The van der Waals surface area contributed by atoms with Crippen LogP contribution in [0.2, 0.25) is 0 Å². The maximum Gasteiger partial charge on any atom is 0.251 e. The summed E-state index contributed by atoms with van der Waals surface area (Å²) < 4.78 is 0. The van der Waals surface area contributed by atoms with Gasteiger partial charge in [0.2, 0.25) is 5.95 Å². The highest BCUT2D eigenvalue weighted by Gasteiger charge is 2.14. The van der Waals surface area contributed by atoms with Crippen LogP contribution < -0.4 is 11.1 Å². The molecule has 2 heterocycles. The molecule has 0 fully saturated rings. The van der Waals surface area contributed by atoms with Crippen LogP contribution in [0.3, 0.4) is 0 Å². The van der Waals surface area contributed by atoms with Crippen molar-refractivity contribution >= 4 is 11.9 Å². The zero-order valence-electron chi connectivity index (χ0n) is 16.0. The average molecular weight is 371 g/mol. The number of nitrogens with zero attached hydrogens (tertiary/aromatic N) is 3. The van der Waals surface area contributed by atoms with Crippen LogP contribution in [0.1, 0.15) is 41.0 Å². The molecule has 3 aromatic rings. The van der Waals surface area contributed by atoms with Crippen molar-refractivity contribution in [3.05, 3.63) is 71.2 Å². The van der Waals surface area contributed by atoms with E-state index in [0.29, 0.717) is 22.5 Å². The Morgan fingerprint density at radius 2 is 1.96 bits per heavy atom. The molecule has 0 spiro atoms. The normalized spacial score (nSPS) is 10.3. The summed E-state index contributed by atoms with van der Waals surface area (Å²) in [5.74, 6) is 6.24. The molecule has 0 aliphatic rings. The number of aromatic nitrogens is 3. The first-order valence-electron chi connectivity index (χ1n) is 8.91. The standard InChI is InChI=1S/C22H21N5O/c1-14(2)25-21(28)18-8-4-7-17(12-18)20-19(15(3)26-22(23)27-20)10-9-16-6-5-11-24-13-16/h4-8,11-14H,1-3H3,(H,25,28)(H2,23,26,27). The minimum atomic E-state index is -0.140. The molecular weight excluding hydrogens is 350 g/mol. The van der Waals surface area contributed by atoms with Gasteiger partial charge in [-0.25, -0.2) is 9.97 Å². The molecule has 0 aliphatic heterocycles. The van der Waals surface area contributed by atoms with E-state index in [1.807, 2.05) is 45.0 Å². The van der Waals surface area contributed by atoms with E-state index in [4.69, 9.17) is 5.73 Å². The average Bonchev–Trinajstić information content (AvgIpc) is 2.67. The summed E-state index contributed by atoms with van der Waals surface area (Å²) in [6, 6.07) is 11.0. The Morgan fingerprint density at radius 1 is 1.14 bits per heavy atom. The van der Waals surface area contributed by atoms with Crippen LogP contribution in [0.5, 0.6) is 0 Å². The Hall–Kier alpha value is -3.72. The molecule has 0 radical (unpaired) electrons. The summed E-state index contributed by atoms with van der Waals surface area (Å²) in [4.78, 5) is 25.1. The number of rotatable bonds is 3. The van der Waals surface area contributed by atoms with E-state index >= 15 is 0 Å². The molecule has 0 saturated carbocycles. The molecule has 6 nitrogen and oxygen atoms in total. The fourth-order valence-electron chi connectivity index (χ4n) is 2.68. The molecule has 2 aromatic heterocycles. The fraction of sp³-hybridized carbons (Fsp3) is 0.182. The van der Waals surface area contributed by atoms with E-state index in [0.717, 1.165) is 11.1 Å². The van der Waals surface area contributed by atoms with E-state index in [1.54, 1.807) is 24.5 Å². The smallest absolute Gasteiger partial charge is 0.251 e. The van der Waals surface area contributed by atoms with E-state index in [9.17, 15) is 4.79 Å². The first kappa shape index (κ1) is 19.1. The SMILES string of the molecule is Cc1nc(N)nc(-c2cccc(C(=O)NC(C)C)c2)c1C#Cc1cccnc1. The second-order valence-electron chi connectivity index (χ2n) is 6.59. The van der Waals surface area contributed by atoms with E-state index < -0.39 is 0 Å². The maximum absolute atomic E-state index is 12.4. The Morgan fingerprint density at radius 3 is 2.68 bits per heavy atom. The molecule has 6 heteroatoms. The van der Waals surface area contributed by atoms with Crippen LogP contribution in [0, 0.1) is 18.8 Å². The topological polar surface area (TPSA) is 93.8 Å².